The van der Waals surface area contributed by atoms with Gasteiger partial charge in [0, 0.05) is 11.0 Å². The first-order valence-corrected chi connectivity index (χ1v) is 9.01. The summed E-state index contributed by atoms with van der Waals surface area (Å²) < 4.78 is 7.63. The fraction of sp³-hybridized carbons (Fsp3) is 0.667. The Morgan fingerprint density at radius 1 is 1.24 bits per heavy atom. The van der Waals surface area contributed by atoms with Crippen LogP contribution in [0.5, 0.6) is 0 Å². The van der Waals surface area contributed by atoms with Crippen LogP contribution in [0.3, 0.4) is 0 Å². The van der Waals surface area contributed by atoms with Crippen molar-refractivity contribution in [2.24, 2.45) is 11.8 Å². The molecule has 118 valence electrons. The number of hydrogen-bond donors (Lipinski definition) is 1. The van der Waals surface area contributed by atoms with Crippen LogP contribution in [-0.2, 0) is 4.74 Å². The molecule has 2 nitrogen and oxygen atoms in total. The van der Waals surface area contributed by atoms with Crippen LogP contribution in [0.4, 0.5) is 0 Å². The molecule has 0 radical (unpaired) electrons. The van der Waals surface area contributed by atoms with Gasteiger partial charge >= 0.3 is 0 Å². The van der Waals surface area contributed by atoms with E-state index in [2.05, 4.69) is 66.3 Å². The molecule has 1 N–H and O–H groups in total. The number of likely N-dealkylation sites (N-methyl/N-ethyl adjacent to an activating group) is 1. The molecule has 0 bridgehead atoms. The highest BCUT2D eigenvalue weighted by atomic mass is 79.9. The maximum absolute atomic E-state index is 6.49. The summed E-state index contributed by atoms with van der Waals surface area (Å²) in [7, 11) is 0. The fourth-order valence-electron chi connectivity index (χ4n) is 3.10. The van der Waals surface area contributed by atoms with Gasteiger partial charge in [-0.3, -0.25) is 0 Å². The minimum atomic E-state index is 0.131. The van der Waals surface area contributed by atoms with E-state index < -0.39 is 0 Å². The van der Waals surface area contributed by atoms with Crippen molar-refractivity contribution in [2.45, 2.75) is 52.2 Å². The van der Waals surface area contributed by atoms with Gasteiger partial charge in [0.2, 0.25) is 0 Å². The van der Waals surface area contributed by atoms with Crippen LogP contribution in [0.15, 0.2) is 28.7 Å². The SMILES string of the molecule is CCNCC(OC1CCC(C)C(C)C1)c1ccccc1Br. The number of hydrogen-bond acceptors (Lipinski definition) is 2. The molecule has 0 spiro atoms. The van der Waals surface area contributed by atoms with E-state index in [0.717, 1.165) is 29.4 Å². The van der Waals surface area contributed by atoms with E-state index >= 15 is 0 Å². The molecule has 4 unspecified atom stereocenters. The molecule has 0 aliphatic heterocycles. The Balaban J connectivity index is 2.05. The third-order valence-electron chi connectivity index (χ3n) is 4.74. The van der Waals surface area contributed by atoms with Gasteiger partial charge in [0.05, 0.1) is 12.2 Å². The lowest BCUT2D eigenvalue weighted by Crippen LogP contribution is -2.31. The second-order valence-corrected chi connectivity index (χ2v) is 7.20. The summed E-state index contributed by atoms with van der Waals surface area (Å²) in [5.41, 5.74) is 1.25. The smallest absolute Gasteiger partial charge is 0.0963 e. The highest BCUT2D eigenvalue weighted by Gasteiger charge is 2.28. The molecule has 1 aromatic carbocycles. The van der Waals surface area contributed by atoms with Gasteiger partial charge < -0.3 is 10.1 Å². The largest absolute Gasteiger partial charge is 0.369 e. The predicted molar refractivity (Wildman–Crippen MR) is 92.5 cm³/mol. The van der Waals surface area contributed by atoms with Gasteiger partial charge in [0.15, 0.2) is 0 Å². The average Bonchev–Trinajstić information content (AvgIpc) is 2.48. The molecule has 1 fully saturated rings. The molecule has 4 atom stereocenters. The lowest BCUT2D eigenvalue weighted by atomic mass is 9.80. The zero-order chi connectivity index (χ0) is 15.2. The second kappa shape index (κ2) is 8.30. The van der Waals surface area contributed by atoms with E-state index in [1.54, 1.807) is 0 Å². The minimum Gasteiger partial charge on any atom is -0.369 e. The molecule has 0 amide bonds. The quantitative estimate of drug-likeness (QED) is 0.781. The maximum Gasteiger partial charge on any atom is 0.0963 e. The monoisotopic (exact) mass is 353 g/mol. The summed E-state index contributed by atoms with van der Waals surface area (Å²) in [5.74, 6) is 1.60. The van der Waals surface area contributed by atoms with Gasteiger partial charge in [0.1, 0.15) is 0 Å². The number of nitrogens with one attached hydrogen (secondary N) is 1. The summed E-state index contributed by atoms with van der Waals surface area (Å²) in [4.78, 5) is 0. The maximum atomic E-state index is 6.49. The number of rotatable bonds is 6. The molecule has 2 rings (SSSR count). The molecule has 0 saturated heterocycles. The Hall–Kier alpha value is -0.380. The highest BCUT2D eigenvalue weighted by molar-refractivity contribution is 9.10. The molecule has 1 aliphatic rings. The number of benzene rings is 1. The van der Waals surface area contributed by atoms with Crippen LogP contribution < -0.4 is 5.32 Å². The van der Waals surface area contributed by atoms with Crippen molar-refractivity contribution in [3.8, 4) is 0 Å². The molecule has 1 aromatic rings. The van der Waals surface area contributed by atoms with E-state index in [1.165, 1.54) is 24.8 Å². The topological polar surface area (TPSA) is 21.3 Å². The van der Waals surface area contributed by atoms with Gasteiger partial charge in [-0.2, -0.15) is 0 Å². The molecular formula is C18H28BrNO. The Morgan fingerprint density at radius 3 is 2.67 bits per heavy atom. The average molecular weight is 354 g/mol. The van der Waals surface area contributed by atoms with Gasteiger partial charge in [-0.15, -0.1) is 0 Å². The van der Waals surface area contributed by atoms with Crippen molar-refractivity contribution in [2.75, 3.05) is 13.1 Å². The van der Waals surface area contributed by atoms with Crippen molar-refractivity contribution in [3.05, 3.63) is 34.3 Å². The van der Waals surface area contributed by atoms with Crippen LogP contribution in [0.25, 0.3) is 0 Å². The van der Waals surface area contributed by atoms with Gasteiger partial charge in [-0.25, -0.2) is 0 Å². The molecule has 21 heavy (non-hydrogen) atoms. The van der Waals surface area contributed by atoms with Crippen molar-refractivity contribution >= 4 is 15.9 Å². The molecule has 0 heterocycles. The van der Waals surface area contributed by atoms with Gasteiger partial charge in [0.25, 0.3) is 0 Å². The van der Waals surface area contributed by atoms with E-state index in [1.807, 2.05) is 0 Å². The number of ether oxygens (including phenoxy) is 1. The Bertz CT molecular complexity index is 437. The first-order chi connectivity index (χ1) is 10.1. The summed E-state index contributed by atoms with van der Waals surface area (Å²) in [6.45, 7) is 8.71. The molecule has 1 aliphatic carbocycles. The molecule has 0 aromatic heterocycles. The van der Waals surface area contributed by atoms with Crippen LogP contribution in [-0.4, -0.2) is 19.2 Å². The Kier molecular flexibility index (Phi) is 6.72. The second-order valence-electron chi connectivity index (χ2n) is 6.34. The first kappa shape index (κ1) is 17.0. The third-order valence-corrected chi connectivity index (χ3v) is 5.46. The Morgan fingerprint density at radius 2 is 2.00 bits per heavy atom. The number of halogens is 1. The van der Waals surface area contributed by atoms with E-state index in [4.69, 9.17) is 4.74 Å². The van der Waals surface area contributed by atoms with Crippen molar-refractivity contribution in [3.63, 3.8) is 0 Å². The normalized spacial score (nSPS) is 27.5. The summed E-state index contributed by atoms with van der Waals surface area (Å²) in [5, 5.41) is 3.44. The van der Waals surface area contributed by atoms with E-state index in [0.29, 0.717) is 6.10 Å². The zero-order valence-electron chi connectivity index (χ0n) is 13.4. The Labute approximate surface area is 137 Å². The van der Waals surface area contributed by atoms with E-state index in [9.17, 15) is 0 Å². The van der Waals surface area contributed by atoms with Crippen molar-refractivity contribution in [1.29, 1.82) is 0 Å². The molecule has 1 saturated carbocycles. The van der Waals surface area contributed by atoms with E-state index in [-0.39, 0.29) is 6.10 Å². The van der Waals surface area contributed by atoms with Crippen LogP contribution in [0.1, 0.15) is 51.7 Å². The minimum absolute atomic E-state index is 0.131. The molecule has 3 heteroatoms. The lowest BCUT2D eigenvalue weighted by Gasteiger charge is -2.34. The van der Waals surface area contributed by atoms with Crippen LogP contribution >= 0.6 is 15.9 Å². The first-order valence-electron chi connectivity index (χ1n) is 8.22. The van der Waals surface area contributed by atoms with Crippen LogP contribution in [0.2, 0.25) is 0 Å². The lowest BCUT2D eigenvalue weighted by molar-refractivity contribution is -0.0481. The van der Waals surface area contributed by atoms with Gasteiger partial charge in [-0.05, 0) is 49.3 Å². The molecular weight excluding hydrogens is 326 g/mol. The highest BCUT2D eigenvalue weighted by Crippen LogP contribution is 2.35. The zero-order valence-corrected chi connectivity index (χ0v) is 15.0. The fourth-order valence-corrected chi connectivity index (χ4v) is 3.64. The van der Waals surface area contributed by atoms with Crippen LogP contribution in [0, 0.1) is 11.8 Å². The third kappa shape index (κ3) is 4.80. The van der Waals surface area contributed by atoms with Crippen molar-refractivity contribution < 1.29 is 4.74 Å². The summed E-state index contributed by atoms with van der Waals surface area (Å²) >= 11 is 3.67. The van der Waals surface area contributed by atoms with Crippen molar-refractivity contribution in [1.82, 2.24) is 5.32 Å². The predicted octanol–water partition coefficient (Wildman–Crippen LogP) is 4.94. The summed E-state index contributed by atoms with van der Waals surface area (Å²) in [6, 6.07) is 8.42. The van der Waals surface area contributed by atoms with Gasteiger partial charge in [-0.1, -0.05) is 54.9 Å². The standard InChI is InChI=1S/C18H28BrNO/c1-4-20-12-18(16-7-5-6-8-17(16)19)21-15-10-9-13(2)14(3)11-15/h5-8,13-15,18,20H,4,9-12H2,1-3H3. The summed E-state index contributed by atoms with van der Waals surface area (Å²) in [6.07, 6.45) is 4.20.